The second-order valence-electron chi connectivity index (χ2n) is 6.54. The Balaban J connectivity index is 0.00000264. The van der Waals surface area contributed by atoms with Gasteiger partial charge >= 0.3 is 0 Å². The van der Waals surface area contributed by atoms with Crippen LogP contribution >= 0.6 is 24.0 Å². The second kappa shape index (κ2) is 10.2. The number of aliphatic imine (C=N–C) groups is 1. The molecule has 0 spiro atoms. The molecule has 0 aromatic carbocycles. The van der Waals surface area contributed by atoms with Crippen molar-refractivity contribution in [2.75, 3.05) is 20.1 Å². The fourth-order valence-corrected chi connectivity index (χ4v) is 3.37. The molecule has 23 heavy (non-hydrogen) atoms. The zero-order chi connectivity index (χ0) is 15.8. The van der Waals surface area contributed by atoms with E-state index in [2.05, 4.69) is 33.8 Å². The first-order valence-electron chi connectivity index (χ1n) is 8.59. The van der Waals surface area contributed by atoms with Gasteiger partial charge in [-0.15, -0.1) is 24.0 Å². The molecule has 0 saturated heterocycles. The van der Waals surface area contributed by atoms with Crippen molar-refractivity contribution in [1.29, 1.82) is 0 Å². The third kappa shape index (κ3) is 6.31. The number of guanidine groups is 1. The van der Waals surface area contributed by atoms with Crippen LogP contribution in [0.3, 0.4) is 0 Å². The van der Waals surface area contributed by atoms with Crippen molar-refractivity contribution >= 4 is 29.9 Å². The highest BCUT2D eigenvalue weighted by Gasteiger charge is 2.31. The highest BCUT2D eigenvalue weighted by molar-refractivity contribution is 14.0. The lowest BCUT2D eigenvalue weighted by molar-refractivity contribution is 0.283. The Morgan fingerprint density at radius 2 is 2.09 bits per heavy atom. The van der Waals surface area contributed by atoms with Crippen LogP contribution in [-0.4, -0.2) is 35.9 Å². The molecular formula is C17H32IN5. The van der Waals surface area contributed by atoms with E-state index in [4.69, 9.17) is 0 Å². The van der Waals surface area contributed by atoms with Crippen LogP contribution in [0.1, 0.15) is 51.0 Å². The van der Waals surface area contributed by atoms with Crippen molar-refractivity contribution in [2.45, 2.75) is 51.9 Å². The molecule has 1 saturated carbocycles. The van der Waals surface area contributed by atoms with Gasteiger partial charge in [-0.25, -0.2) is 0 Å². The Hall–Kier alpha value is -0.790. The minimum Gasteiger partial charge on any atom is -0.356 e. The van der Waals surface area contributed by atoms with Gasteiger partial charge in [-0.05, 0) is 43.1 Å². The van der Waals surface area contributed by atoms with E-state index in [1.54, 1.807) is 0 Å². The maximum atomic E-state index is 4.34. The maximum Gasteiger partial charge on any atom is 0.190 e. The zero-order valence-electron chi connectivity index (χ0n) is 14.8. The van der Waals surface area contributed by atoms with Gasteiger partial charge in [0.1, 0.15) is 0 Å². The van der Waals surface area contributed by atoms with E-state index in [0.717, 1.165) is 31.9 Å². The standard InChI is InChI=1S/C17H31N5.HI/c1-4-17(9-5-6-10-17)14-20-16(18-2)19-11-7-8-15-12-21-22(3)13-15;/h12-13H,4-11,14H2,1-3H3,(H2,18,19,20);1H. The average Bonchev–Trinajstić information content (AvgIpc) is 3.16. The first kappa shape index (κ1) is 20.3. The second-order valence-corrected chi connectivity index (χ2v) is 6.54. The molecule has 1 heterocycles. The molecule has 132 valence electrons. The Morgan fingerprint density at radius 1 is 1.35 bits per heavy atom. The molecule has 0 atom stereocenters. The van der Waals surface area contributed by atoms with Crippen LogP contribution in [-0.2, 0) is 13.5 Å². The van der Waals surface area contributed by atoms with Crippen molar-refractivity contribution in [3.63, 3.8) is 0 Å². The van der Waals surface area contributed by atoms with E-state index in [1.807, 2.05) is 25.0 Å². The van der Waals surface area contributed by atoms with Crippen LogP contribution in [0.2, 0.25) is 0 Å². The molecular weight excluding hydrogens is 401 g/mol. The van der Waals surface area contributed by atoms with E-state index < -0.39 is 0 Å². The molecule has 0 amide bonds. The predicted molar refractivity (Wildman–Crippen MR) is 108 cm³/mol. The van der Waals surface area contributed by atoms with Gasteiger partial charge in [0.05, 0.1) is 6.20 Å². The number of halogens is 1. The lowest BCUT2D eigenvalue weighted by Crippen LogP contribution is -2.43. The molecule has 0 aliphatic heterocycles. The molecule has 1 aromatic rings. The molecule has 5 nitrogen and oxygen atoms in total. The van der Waals surface area contributed by atoms with Crippen LogP contribution in [0.25, 0.3) is 0 Å². The number of nitrogens with one attached hydrogen (secondary N) is 2. The summed E-state index contributed by atoms with van der Waals surface area (Å²) in [7, 11) is 3.81. The van der Waals surface area contributed by atoms with Crippen molar-refractivity contribution < 1.29 is 0 Å². The van der Waals surface area contributed by atoms with Gasteiger partial charge in [0, 0.05) is 33.4 Å². The first-order valence-corrected chi connectivity index (χ1v) is 8.59. The van der Waals surface area contributed by atoms with Gasteiger partial charge in [-0.3, -0.25) is 9.67 Å². The first-order chi connectivity index (χ1) is 10.7. The highest BCUT2D eigenvalue weighted by Crippen LogP contribution is 2.40. The molecule has 1 aliphatic carbocycles. The Bertz CT molecular complexity index is 477. The van der Waals surface area contributed by atoms with Crippen molar-refractivity contribution in [1.82, 2.24) is 20.4 Å². The van der Waals surface area contributed by atoms with E-state index in [-0.39, 0.29) is 24.0 Å². The molecule has 1 fully saturated rings. The van der Waals surface area contributed by atoms with Crippen LogP contribution in [0.15, 0.2) is 17.4 Å². The van der Waals surface area contributed by atoms with E-state index >= 15 is 0 Å². The smallest absolute Gasteiger partial charge is 0.190 e. The summed E-state index contributed by atoms with van der Waals surface area (Å²) < 4.78 is 1.86. The molecule has 0 bridgehead atoms. The van der Waals surface area contributed by atoms with Gasteiger partial charge in [0.15, 0.2) is 5.96 Å². The minimum absolute atomic E-state index is 0. The molecule has 2 rings (SSSR count). The highest BCUT2D eigenvalue weighted by atomic mass is 127. The van der Waals surface area contributed by atoms with Crippen molar-refractivity contribution in [2.24, 2.45) is 17.5 Å². The van der Waals surface area contributed by atoms with Crippen LogP contribution in [0.5, 0.6) is 0 Å². The molecule has 0 radical (unpaired) electrons. The SMILES string of the molecule is CCC1(CNC(=NC)NCCCc2cnn(C)c2)CCCC1.I. The number of aromatic nitrogens is 2. The number of hydrogen-bond donors (Lipinski definition) is 2. The third-order valence-corrected chi connectivity index (χ3v) is 4.96. The summed E-state index contributed by atoms with van der Waals surface area (Å²) in [6.45, 7) is 4.30. The summed E-state index contributed by atoms with van der Waals surface area (Å²) in [5, 5.41) is 11.1. The van der Waals surface area contributed by atoms with E-state index in [0.29, 0.717) is 5.41 Å². The predicted octanol–water partition coefficient (Wildman–Crippen LogP) is 3.11. The van der Waals surface area contributed by atoms with Crippen LogP contribution in [0, 0.1) is 5.41 Å². The Morgan fingerprint density at radius 3 is 2.65 bits per heavy atom. The molecule has 1 aliphatic rings. The summed E-state index contributed by atoms with van der Waals surface area (Å²) in [4.78, 5) is 4.34. The number of rotatable bonds is 7. The maximum absolute atomic E-state index is 4.34. The summed E-state index contributed by atoms with van der Waals surface area (Å²) in [6.07, 6.45) is 12.9. The summed E-state index contributed by atoms with van der Waals surface area (Å²) in [5.74, 6) is 0.936. The lowest BCUT2D eigenvalue weighted by Gasteiger charge is -2.28. The fraction of sp³-hybridized carbons (Fsp3) is 0.765. The molecule has 2 N–H and O–H groups in total. The third-order valence-electron chi connectivity index (χ3n) is 4.96. The van der Waals surface area contributed by atoms with Gasteiger partial charge in [-0.1, -0.05) is 19.8 Å². The van der Waals surface area contributed by atoms with Crippen LogP contribution in [0.4, 0.5) is 0 Å². The monoisotopic (exact) mass is 433 g/mol. The summed E-state index contributed by atoms with van der Waals surface area (Å²) >= 11 is 0. The van der Waals surface area contributed by atoms with Crippen LogP contribution < -0.4 is 10.6 Å². The normalized spacial score (nSPS) is 16.9. The number of hydrogen-bond acceptors (Lipinski definition) is 2. The van der Waals surface area contributed by atoms with Crippen molar-refractivity contribution in [3.05, 3.63) is 18.0 Å². The van der Waals surface area contributed by atoms with Gasteiger partial charge in [0.25, 0.3) is 0 Å². The molecule has 6 heteroatoms. The van der Waals surface area contributed by atoms with Gasteiger partial charge in [-0.2, -0.15) is 5.10 Å². The number of aryl methyl sites for hydroxylation is 2. The molecule has 0 unspecified atom stereocenters. The van der Waals surface area contributed by atoms with Gasteiger partial charge < -0.3 is 10.6 Å². The topological polar surface area (TPSA) is 54.2 Å². The van der Waals surface area contributed by atoms with Crippen molar-refractivity contribution in [3.8, 4) is 0 Å². The lowest BCUT2D eigenvalue weighted by atomic mass is 9.83. The zero-order valence-corrected chi connectivity index (χ0v) is 17.1. The van der Waals surface area contributed by atoms with E-state index in [1.165, 1.54) is 37.7 Å². The fourth-order valence-electron chi connectivity index (χ4n) is 3.37. The largest absolute Gasteiger partial charge is 0.356 e. The Kier molecular flexibility index (Phi) is 8.94. The minimum atomic E-state index is 0. The Labute approximate surface area is 157 Å². The number of nitrogens with zero attached hydrogens (tertiary/aromatic N) is 3. The summed E-state index contributed by atoms with van der Waals surface area (Å²) in [6, 6.07) is 0. The van der Waals surface area contributed by atoms with Gasteiger partial charge in [0.2, 0.25) is 0 Å². The average molecular weight is 433 g/mol. The summed E-state index contributed by atoms with van der Waals surface area (Å²) in [5.41, 5.74) is 1.79. The quantitative estimate of drug-likeness (QED) is 0.301. The molecule has 1 aromatic heterocycles. The van der Waals surface area contributed by atoms with E-state index in [9.17, 15) is 0 Å².